The first-order chi connectivity index (χ1) is 6.80. The van der Waals surface area contributed by atoms with Crippen molar-refractivity contribution in [1.29, 1.82) is 0 Å². The summed E-state index contributed by atoms with van der Waals surface area (Å²) in [5.41, 5.74) is 0. The summed E-state index contributed by atoms with van der Waals surface area (Å²) in [6.07, 6.45) is -0.114. The van der Waals surface area contributed by atoms with Crippen LogP contribution in [0.2, 0.25) is 0 Å². The molecule has 0 amide bonds. The van der Waals surface area contributed by atoms with Crippen LogP contribution in [0.4, 0.5) is 0 Å². The maximum Gasteiger partial charge on any atom is 0.264 e. The van der Waals surface area contributed by atoms with Crippen molar-refractivity contribution in [2.45, 2.75) is 24.8 Å². The minimum Gasteiger partial charge on any atom is -0.490 e. The molecule has 0 aliphatic heterocycles. The molecule has 15 heavy (non-hydrogen) atoms. The highest BCUT2D eigenvalue weighted by Gasteiger charge is 2.17. The van der Waals surface area contributed by atoms with Crippen molar-refractivity contribution in [3.8, 4) is 5.75 Å². The van der Waals surface area contributed by atoms with Crippen LogP contribution in [0, 0.1) is 0 Å². The lowest BCUT2D eigenvalue weighted by Crippen LogP contribution is -2.08. The van der Waals surface area contributed by atoms with Crippen molar-refractivity contribution in [1.82, 2.24) is 0 Å². The maximum atomic E-state index is 11.2. The van der Waals surface area contributed by atoms with Gasteiger partial charge in [-0.05, 0) is 32.0 Å². The number of ether oxygens (including phenoxy) is 1. The van der Waals surface area contributed by atoms with Crippen molar-refractivity contribution in [2.75, 3.05) is 0 Å². The van der Waals surface area contributed by atoms with Crippen LogP contribution in [0.25, 0.3) is 0 Å². The molecule has 1 aromatic rings. The molecular formula is C9H10BrClO3S. The molecule has 0 fully saturated rings. The van der Waals surface area contributed by atoms with E-state index in [2.05, 4.69) is 15.9 Å². The summed E-state index contributed by atoms with van der Waals surface area (Å²) in [4.78, 5) is -0.0129. The number of rotatable bonds is 3. The Morgan fingerprint density at radius 3 is 2.47 bits per heavy atom. The second-order valence-corrected chi connectivity index (χ2v) is 6.65. The van der Waals surface area contributed by atoms with Gasteiger partial charge >= 0.3 is 0 Å². The quantitative estimate of drug-likeness (QED) is 0.805. The Bertz CT molecular complexity index is 456. The number of hydrogen-bond acceptors (Lipinski definition) is 3. The van der Waals surface area contributed by atoms with Gasteiger partial charge < -0.3 is 4.74 Å². The van der Waals surface area contributed by atoms with Gasteiger partial charge in [0.15, 0.2) is 0 Å². The summed E-state index contributed by atoms with van der Waals surface area (Å²) < 4.78 is 28.5. The first kappa shape index (κ1) is 12.8. The fraction of sp³-hybridized carbons (Fsp3) is 0.333. The van der Waals surface area contributed by atoms with E-state index in [4.69, 9.17) is 15.4 Å². The average Bonchev–Trinajstić information content (AvgIpc) is 1.99. The fourth-order valence-electron chi connectivity index (χ4n) is 1.03. The molecule has 0 unspecified atom stereocenters. The molecule has 0 heterocycles. The van der Waals surface area contributed by atoms with Gasteiger partial charge in [-0.1, -0.05) is 15.9 Å². The fourth-order valence-corrected chi connectivity index (χ4v) is 2.33. The van der Waals surface area contributed by atoms with Gasteiger partial charge in [-0.3, -0.25) is 0 Å². The predicted molar refractivity (Wildman–Crippen MR) is 62.9 cm³/mol. The smallest absolute Gasteiger partial charge is 0.264 e. The third-order valence-corrected chi connectivity index (χ3v) is 3.39. The predicted octanol–water partition coefficient (Wildman–Crippen LogP) is 3.16. The number of hydrogen-bond donors (Lipinski definition) is 0. The van der Waals surface area contributed by atoms with E-state index in [1.54, 1.807) is 12.1 Å². The van der Waals surface area contributed by atoms with Gasteiger partial charge in [0.1, 0.15) is 10.6 Å². The summed E-state index contributed by atoms with van der Waals surface area (Å²) >= 11 is 3.24. The van der Waals surface area contributed by atoms with Crippen molar-refractivity contribution in [2.24, 2.45) is 0 Å². The molecule has 0 aromatic heterocycles. The van der Waals surface area contributed by atoms with E-state index in [1.165, 1.54) is 6.07 Å². The lowest BCUT2D eigenvalue weighted by Gasteiger charge is -2.12. The normalized spacial score (nSPS) is 11.8. The summed E-state index contributed by atoms with van der Waals surface area (Å²) in [5, 5.41) is 0. The molecule has 84 valence electrons. The Kier molecular flexibility index (Phi) is 4.03. The molecule has 1 aromatic carbocycles. The Balaban J connectivity index is 3.27. The van der Waals surface area contributed by atoms with Gasteiger partial charge in [-0.25, -0.2) is 8.42 Å². The Labute approximate surface area is 102 Å². The minimum absolute atomic E-state index is 0.0129. The van der Waals surface area contributed by atoms with Crippen LogP contribution in [0.5, 0.6) is 5.75 Å². The van der Waals surface area contributed by atoms with Gasteiger partial charge in [-0.2, -0.15) is 0 Å². The van der Waals surface area contributed by atoms with Crippen LogP contribution in [0.3, 0.4) is 0 Å². The Morgan fingerprint density at radius 2 is 2.00 bits per heavy atom. The summed E-state index contributed by atoms with van der Waals surface area (Å²) in [6.45, 7) is 3.62. The molecule has 1 rings (SSSR count). The zero-order valence-electron chi connectivity index (χ0n) is 8.20. The lowest BCUT2D eigenvalue weighted by atomic mass is 10.3. The molecule has 0 bridgehead atoms. The second-order valence-electron chi connectivity index (χ2n) is 3.20. The molecule has 0 atom stereocenters. The van der Waals surface area contributed by atoms with Crippen molar-refractivity contribution < 1.29 is 13.2 Å². The Hall–Kier alpha value is -0.260. The highest BCUT2D eigenvalue weighted by Crippen LogP contribution is 2.30. The highest BCUT2D eigenvalue weighted by molar-refractivity contribution is 9.10. The van der Waals surface area contributed by atoms with Crippen molar-refractivity contribution in [3.05, 3.63) is 22.7 Å². The van der Waals surface area contributed by atoms with E-state index in [0.717, 1.165) is 4.47 Å². The van der Waals surface area contributed by atoms with Gasteiger partial charge in [0, 0.05) is 15.2 Å². The van der Waals surface area contributed by atoms with E-state index in [0.29, 0.717) is 0 Å². The third-order valence-electron chi connectivity index (χ3n) is 1.53. The molecule has 0 saturated carbocycles. The van der Waals surface area contributed by atoms with Crippen LogP contribution in [0.1, 0.15) is 13.8 Å². The zero-order valence-corrected chi connectivity index (χ0v) is 11.4. The standard InChI is InChI=1S/C9H10BrClO3S/c1-6(2)14-8-5-7(10)3-4-9(8)15(11,12)13/h3-6H,1-2H3. The number of halogens is 2. The van der Waals surface area contributed by atoms with Crippen molar-refractivity contribution in [3.63, 3.8) is 0 Å². The summed E-state index contributed by atoms with van der Waals surface area (Å²) in [7, 11) is 1.51. The van der Waals surface area contributed by atoms with Gasteiger partial charge in [0.05, 0.1) is 6.10 Å². The van der Waals surface area contributed by atoms with E-state index in [-0.39, 0.29) is 16.7 Å². The van der Waals surface area contributed by atoms with Crippen LogP contribution in [0.15, 0.2) is 27.6 Å². The third kappa shape index (κ3) is 3.66. The van der Waals surface area contributed by atoms with E-state index in [1.807, 2.05) is 13.8 Å². The highest BCUT2D eigenvalue weighted by atomic mass is 79.9. The Morgan fingerprint density at radius 1 is 1.40 bits per heavy atom. The second kappa shape index (κ2) is 4.72. The largest absolute Gasteiger partial charge is 0.490 e. The first-order valence-corrected chi connectivity index (χ1v) is 7.32. The molecular weight excluding hydrogens is 304 g/mol. The number of benzene rings is 1. The molecule has 0 radical (unpaired) electrons. The van der Waals surface area contributed by atoms with Crippen LogP contribution in [-0.4, -0.2) is 14.5 Å². The maximum absolute atomic E-state index is 11.2. The van der Waals surface area contributed by atoms with Crippen LogP contribution >= 0.6 is 26.6 Å². The van der Waals surface area contributed by atoms with Crippen molar-refractivity contribution >= 4 is 35.7 Å². The summed E-state index contributed by atoms with van der Waals surface area (Å²) in [5.74, 6) is 0.259. The van der Waals surface area contributed by atoms with Gasteiger partial charge in [0.25, 0.3) is 9.05 Å². The lowest BCUT2D eigenvalue weighted by molar-refractivity contribution is 0.236. The summed E-state index contributed by atoms with van der Waals surface area (Å²) in [6, 6.07) is 4.59. The van der Waals surface area contributed by atoms with Crippen LogP contribution in [-0.2, 0) is 9.05 Å². The van der Waals surface area contributed by atoms with Gasteiger partial charge in [-0.15, -0.1) is 0 Å². The molecule has 0 aliphatic rings. The van der Waals surface area contributed by atoms with E-state index < -0.39 is 9.05 Å². The van der Waals surface area contributed by atoms with Gasteiger partial charge in [0.2, 0.25) is 0 Å². The topological polar surface area (TPSA) is 43.4 Å². The molecule has 0 saturated heterocycles. The molecule has 6 heteroatoms. The SMILES string of the molecule is CC(C)Oc1cc(Br)ccc1S(=O)(=O)Cl. The zero-order chi connectivity index (χ0) is 11.6. The molecule has 0 N–H and O–H groups in total. The van der Waals surface area contributed by atoms with E-state index >= 15 is 0 Å². The van der Waals surface area contributed by atoms with Crippen LogP contribution < -0.4 is 4.74 Å². The average molecular weight is 314 g/mol. The molecule has 3 nitrogen and oxygen atoms in total. The van der Waals surface area contributed by atoms with E-state index in [9.17, 15) is 8.42 Å². The monoisotopic (exact) mass is 312 g/mol. The first-order valence-electron chi connectivity index (χ1n) is 4.21. The molecule has 0 aliphatic carbocycles. The molecule has 0 spiro atoms. The minimum atomic E-state index is -3.77.